The molecule has 39 unspecified atom stereocenters. The highest BCUT2D eigenvalue weighted by Crippen LogP contribution is 2.40. The fourth-order valence-electron chi connectivity index (χ4n) is 11.7. The largest absolute Gasteiger partial charge is 0.388 e. The van der Waals surface area contributed by atoms with Crippen molar-refractivity contribution in [3.63, 3.8) is 0 Å². The van der Waals surface area contributed by atoms with Gasteiger partial charge in [-0.05, 0) is 0 Å². The summed E-state index contributed by atoms with van der Waals surface area (Å²) in [5, 5.41) is 172. The lowest BCUT2D eigenvalue weighted by atomic mass is 9.95. The molecular weight excluding hydrogens is 1360 g/mol. The highest BCUT2D eigenvalue weighted by Gasteiger charge is 2.59. The van der Waals surface area contributed by atoms with Crippen molar-refractivity contribution >= 4 is 92.8 Å². The van der Waals surface area contributed by atoms with Crippen LogP contribution in [0.15, 0.2) is 0 Å². The third kappa shape index (κ3) is 15.0. The van der Waals surface area contributed by atoms with E-state index in [1.807, 2.05) is 0 Å². The van der Waals surface area contributed by atoms with E-state index in [0.717, 1.165) is 0 Å². The monoisotopic (exact) mass is 1420 g/mol. The molecule has 0 spiro atoms. The molecule has 15 N–H and O–H groups in total. The van der Waals surface area contributed by atoms with E-state index in [9.17, 15) is 76.6 Å². The van der Waals surface area contributed by atoms with Gasteiger partial charge >= 0.3 is 0 Å². The van der Waals surface area contributed by atoms with Gasteiger partial charge in [0.15, 0.2) is 50.3 Å². The van der Waals surface area contributed by atoms with Crippen LogP contribution in [0.4, 0.5) is 0 Å². The zero-order valence-electron chi connectivity index (χ0n) is 45.1. The number of hydrogen-bond donors (Lipinski definition) is 15. The second-order valence-corrected chi connectivity index (χ2v) is 24.6. The Kier molecular flexibility index (Phi) is 26.2. The molecule has 0 aromatic carbocycles. The Balaban J connectivity index is 0.967. The molecule has 30 fully saturated rings. The normalized spacial score (nSPS) is 55.0. The molecule has 0 aromatic rings. The van der Waals surface area contributed by atoms with E-state index in [-0.39, 0.29) is 12.3 Å². The highest BCUT2D eigenvalue weighted by molar-refractivity contribution is 6.19. The molecule has 30 saturated heterocycles. The van der Waals surface area contributed by atoms with Crippen LogP contribution < -0.4 is 0 Å². The number of aliphatic hydroxyl groups excluding tert-OH is 15. The molecule has 87 heavy (non-hydrogen) atoms. The number of halogens is 8. The molecule has 30 aliphatic rings. The molecule has 0 amide bonds. The Morgan fingerprint density at radius 3 is 0.540 bits per heavy atom. The number of rotatable bonds is 8. The summed E-state index contributed by atoms with van der Waals surface area (Å²) >= 11 is 50.3. The van der Waals surface area contributed by atoms with Gasteiger partial charge in [0.05, 0.1) is 53.1 Å². The van der Waals surface area contributed by atoms with Gasteiger partial charge in [0.25, 0.3) is 0 Å². The number of aliphatic hydroxyl groups is 15. The van der Waals surface area contributed by atoms with Crippen LogP contribution in [0.3, 0.4) is 0 Å². The summed E-state index contributed by atoms with van der Waals surface area (Å²) < 4.78 is 94.9. The third-order valence-electron chi connectivity index (χ3n) is 16.6. The topological polar surface area (TPSA) is 451 Å². The van der Waals surface area contributed by atoms with Crippen molar-refractivity contribution in [2.45, 2.75) is 246 Å². The van der Waals surface area contributed by atoms with Gasteiger partial charge in [-0.1, -0.05) is 0 Å². The number of ether oxygens (including phenoxy) is 16. The lowest BCUT2D eigenvalue weighted by Crippen LogP contribution is -2.68. The Bertz CT molecular complexity index is 2130. The molecule has 0 aliphatic carbocycles. The fourth-order valence-corrected chi connectivity index (χ4v) is 13.7. The minimum absolute atomic E-state index is 0.359. The van der Waals surface area contributed by atoms with E-state index in [4.69, 9.17) is 169 Å². The van der Waals surface area contributed by atoms with Crippen molar-refractivity contribution in [2.24, 2.45) is 0 Å². The summed E-state index contributed by atoms with van der Waals surface area (Å²) in [4.78, 5) is 0. The van der Waals surface area contributed by atoms with Gasteiger partial charge < -0.3 is 152 Å². The summed E-state index contributed by atoms with van der Waals surface area (Å²) in [5.74, 6) is -3.84. The standard InChI is InChI=1S/C48H72Cl8O31/c49-2-12-11-1-10(57)41(73-12)81-34-13(3-50)75-43(28(66)21(34)59)83-36-15(5-52)77-45(30(68)23(36)61)85-38-17(7-54)79-47(32(70)25(38)63)87-40-19(9-56)80-48(33(71)26(40)64)86-39-18(8-55)78-46(31(69)24(39)62)84-37-16(6-53)76-44(29(67)22(37)60)82-35-14(4-51)74-42(72-11)27(65)20(35)58/h10-48,57-71H,1-9H2. The predicted molar refractivity (Wildman–Crippen MR) is 289 cm³/mol. The second kappa shape index (κ2) is 31.5. The van der Waals surface area contributed by atoms with E-state index in [0.29, 0.717) is 0 Å². The summed E-state index contributed by atoms with van der Waals surface area (Å²) in [6, 6.07) is 0. The van der Waals surface area contributed by atoms with Gasteiger partial charge in [-0.15, -0.1) is 92.8 Å². The average Bonchev–Trinajstić information content (AvgIpc) is 1.13. The molecule has 39 heteroatoms. The zero-order chi connectivity index (χ0) is 63.2. The fraction of sp³-hybridized carbons (Fsp3) is 1.00. The van der Waals surface area contributed by atoms with Crippen LogP contribution in [0.5, 0.6) is 0 Å². The number of alkyl halides is 8. The van der Waals surface area contributed by atoms with Crippen LogP contribution in [0, 0.1) is 0 Å². The molecule has 30 aliphatic heterocycles. The van der Waals surface area contributed by atoms with E-state index in [1.54, 1.807) is 0 Å². The van der Waals surface area contributed by atoms with Crippen molar-refractivity contribution in [1.29, 1.82) is 0 Å². The molecule has 30 rings (SSSR count). The molecule has 16 bridgehead atoms. The maximum atomic E-state index is 11.5. The molecular formula is C48H72Cl8O31. The first-order valence-electron chi connectivity index (χ1n) is 27.6. The van der Waals surface area contributed by atoms with Crippen molar-refractivity contribution in [1.82, 2.24) is 0 Å². The molecule has 0 radical (unpaired) electrons. The Hall–Kier alpha value is 1.08. The maximum Gasteiger partial charge on any atom is 0.187 e. The average molecular weight is 1430 g/mol. The highest BCUT2D eigenvalue weighted by atomic mass is 35.5. The SMILES string of the molecule is OC1CC2OC3OC(CCl)C(OC4OC(CCl)C(OC5OC(CCl)C(OC6OC(CCl)C(OC7OC(CCl)C(OC8OC(CCl)C(OC9OC(CCl)C(OC1OC2CCl)C(O)C9O)C(O)C8O)C(O)C7O)C(O)C6O)C(O)C5O)C(O)C4O)C(O)C3O. The van der Waals surface area contributed by atoms with Crippen molar-refractivity contribution < 1.29 is 152 Å². The first-order valence-corrected chi connectivity index (χ1v) is 31.9. The van der Waals surface area contributed by atoms with Crippen LogP contribution in [0.1, 0.15) is 6.42 Å². The lowest BCUT2D eigenvalue weighted by molar-refractivity contribution is -0.394. The van der Waals surface area contributed by atoms with Crippen LogP contribution in [0.25, 0.3) is 0 Å². The van der Waals surface area contributed by atoms with E-state index in [1.165, 1.54) is 0 Å². The molecule has 0 aromatic heterocycles. The minimum Gasteiger partial charge on any atom is -0.388 e. The van der Waals surface area contributed by atoms with Gasteiger partial charge in [-0.25, -0.2) is 0 Å². The van der Waals surface area contributed by atoms with E-state index in [2.05, 4.69) is 0 Å². The Morgan fingerprint density at radius 1 is 0.195 bits per heavy atom. The van der Waals surface area contributed by atoms with Crippen molar-refractivity contribution in [3.05, 3.63) is 0 Å². The summed E-state index contributed by atoms with van der Waals surface area (Å²) in [5.41, 5.74) is 0. The van der Waals surface area contributed by atoms with Gasteiger partial charge in [-0.3, -0.25) is 0 Å². The predicted octanol–water partition coefficient (Wildman–Crippen LogP) is -6.41. The zero-order valence-corrected chi connectivity index (χ0v) is 51.2. The molecule has 30 heterocycles. The van der Waals surface area contributed by atoms with Crippen molar-refractivity contribution in [2.75, 3.05) is 47.0 Å². The van der Waals surface area contributed by atoms with Crippen LogP contribution >= 0.6 is 92.8 Å². The first-order chi connectivity index (χ1) is 41.5. The molecule has 39 atom stereocenters. The first kappa shape index (κ1) is 72.4. The quantitative estimate of drug-likeness (QED) is 0.101. The summed E-state index contributed by atoms with van der Waals surface area (Å²) in [6.45, 7) is 0. The van der Waals surface area contributed by atoms with Crippen LogP contribution in [-0.2, 0) is 75.8 Å². The number of hydrogen-bond acceptors (Lipinski definition) is 31. The van der Waals surface area contributed by atoms with Gasteiger partial charge in [0.2, 0.25) is 0 Å². The van der Waals surface area contributed by atoms with Crippen LogP contribution in [0.2, 0.25) is 0 Å². The van der Waals surface area contributed by atoms with Gasteiger partial charge in [-0.2, -0.15) is 0 Å². The van der Waals surface area contributed by atoms with E-state index >= 15 is 0 Å². The Labute approximate surface area is 535 Å². The van der Waals surface area contributed by atoms with Gasteiger partial charge in [0, 0.05) is 6.42 Å². The van der Waals surface area contributed by atoms with Crippen molar-refractivity contribution in [3.8, 4) is 0 Å². The molecule has 0 saturated carbocycles. The minimum atomic E-state index is -2.09. The third-order valence-corrected chi connectivity index (χ3v) is 19.0. The lowest BCUT2D eigenvalue weighted by Gasteiger charge is -2.50. The van der Waals surface area contributed by atoms with E-state index < -0.39 is 281 Å². The molecule has 506 valence electrons. The maximum absolute atomic E-state index is 11.5. The summed E-state index contributed by atoms with van der Waals surface area (Å²) in [6.07, 6.45) is -69.0. The van der Waals surface area contributed by atoms with Crippen LogP contribution in [-0.4, -0.2) is 363 Å². The second-order valence-electron chi connectivity index (χ2n) is 22.1. The molecule has 31 nitrogen and oxygen atoms in total. The Morgan fingerprint density at radius 2 is 0.356 bits per heavy atom. The summed E-state index contributed by atoms with van der Waals surface area (Å²) in [7, 11) is 0. The van der Waals surface area contributed by atoms with Gasteiger partial charge in [0.1, 0.15) is 183 Å². The smallest absolute Gasteiger partial charge is 0.187 e.